The number of hydrogen-bond acceptors (Lipinski definition) is 3. The Bertz CT molecular complexity index is 741. The molecule has 0 aromatic heterocycles. The van der Waals surface area contributed by atoms with Gasteiger partial charge in [-0.2, -0.15) is 0 Å². The smallest absolute Gasteiger partial charge is 0.270 e. The Labute approximate surface area is 135 Å². The van der Waals surface area contributed by atoms with E-state index in [0.29, 0.717) is 5.56 Å². The second kappa shape index (κ2) is 7.05. The van der Waals surface area contributed by atoms with Crippen LogP contribution in [0.2, 0.25) is 0 Å². The fourth-order valence-corrected chi connectivity index (χ4v) is 2.40. The highest BCUT2D eigenvalue weighted by molar-refractivity contribution is 5.95. The van der Waals surface area contributed by atoms with E-state index in [2.05, 4.69) is 11.4 Å². The van der Waals surface area contributed by atoms with Crippen molar-refractivity contribution in [1.29, 1.82) is 0 Å². The summed E-state index contributed by atoms with van der Waals surface area (Å²) in [6.45, 7) is 6.07. The van der Waals surface area contributed by atoms with E-state index in [1.54, 1.807) is 6.07 Å². The minimum atomic E-state index is -0.503. The average molecular weight is 312 g/mol. The highest BCUT2D eigenvalue weighted by atomic mass is 16.6. The number of nitrogens with one attached hydrogen (secondary N) is 1. The summed E-state index contributed by atoms with van der Waals surface area (Å²) < 4.78 is 0. The average Bonchev–Trinajstić information content (AvgIpc) is 2.55. The quantitative estimate of drug-likeness (QED) is 0.667. The summed E-state index contributed by atoms with van der Waals surface area (Å²) >= 11 is 0. The Hall–Kier alpha value is -2.69. The maximum Gasteiger partial charge on any atom is 0.270 e. The van der Waals surface area contributed by atoms with Gasteiger partial charge in [0.25, 0.3) is 11.6 Å². The van der Waals surface area contributed by atoms with Gasteiger partial charge in [-0.25, -0.2) is 0 Å². The molecule has 0 radical (unpaired) electrons. The van der Waals surface area contributed by atoms with Crippen LogP contribution in [0.5, 0.6) is 0 Å². The predicted octanol–water partition coefficient (Wildman–Crippen LogP) is 4.09. The number of carbonyl (C=O) groups excluding carboxylic acids is 1. The van der Waals surface area contributed by atoms with Crippen LogP contribution >= 0.6 is 0 Å². The lowest BCUT2D eigenvalue weighted by Crippen LogP contribution is -2.28. The highest BCUT2D eigenvalue weighted by Crippen LogP contribution is 2.21. The zero-order chi connectivity index (χ0) is 17.0. The second-order valence-electron chi connectivity index (χ2n) is 5.59. The molecule has 0 fully saturated rings. The highest BCUT2D eigenvalue weighted by Gasteiger charge is 2.16. The normalized spacial score (nSPS) is 11.8. The molecule has 0 saturated carbocycles. The van der Waals surface area contributed by atoms with Crippen LogP contribution in [-0.4, -0.2) is 10.8 Å². The largest absolute Gasteiger partial charge is 0.345 e. The fourth-order valence-electron chi connectivity index (χ4n) is 2.40. The van der Waals surface area contributed by atoms with Crippen molar-refractivity contribution in [3.05, 3.63) is 74.8 Å². The summed E-state index contributed by atoms with van der Waals surface area (Å²) in [5, 5.41) is 13.8. The number of nitro groups is 1. The van der Waals surface area contributed by atoms with Crippen molar-refractivity contribution in [2.75, 3.05) is 0 Å². The van der Waals surface area contributed by atoms with Gasteiger partial charge in [-0.3, -0.25) is 14.9 Å². The van der Waals surface area contributed by atoms with Gasteiger partial charge < -0.3 is 5.32 Å². The Kier molecular flexibility index (Phi) is 5.11. The van der Waals surface area contributed by atoms with Gasteiger partial charge in [0.1, 0.15) is 0 Å². The molecule has 0 heterocycles. The van der Waals surface area contributed by atoms with Crippen molar-refractivity contribution in [3.63, 3.8) is 0 Å². The van der Waals surface area contributed by atoms with Crippen LogP contribution in [0.4, 0.5) is 5.69 Å². The summed E-state index contributed by atoms with van der Waals surface area (Å²) in [5.41, 5.74) is 3.62. The molecular weight excluding hydrogens is 292 g/mol. The standard InChI is InChI=1S/C18H20N2O3/c1-4-17(14-9-8-12(2)13(3)10-14)19-18(21)15-6-5-7-16(11-15)20(22)23/h5-11,17H,4H2,1-3H3,(H,19,21). The third-order valence-corrected chi connectivity index (χ3v) is 3.97. The third kappa shape index (κ3) is 3.94. The zero-order valence-electron chi connectivity index (χ0n) is 13.5. The molecule has 1 amide bonds. The first-order valence-electron chi connectivity index (χ1n) is 7.54. The van der Waals surface area contributed by atoms with Crippen LogP contribution in [0.1, 0.15) is 46.4 Å². The summed E-state index contributed by atoms with van der Waals surface area (Å²) in [7, 11) is 0. The number of nitrogens with zero attached hydrogens (tertiary/aromatic N) is 1. The Balaban J connectivity index is 2.21. The van der Waals surface area contributed by atoms with Gasteiger partial charge in [0.15, 0.2) is 0 Å². The summed E-state index contributed by atoms with van der Waals surface area (Å²) in [6.07, 6.45) is 0.739. The number of aryl methyl sites for hydroxylation is 2. The summed E-state index contributed by atoms with van der Waals surface area (Å²) in [5.74, 6) is -0.307. The number of amides is 1. The molecule has 0 spiro atoms. The lowest BCUT2D eigenvalue weighted by Gasteiger charge is -2.18. The molecule has 0 bridgehead atoms. The minimum absolute atomic E-state index is 0.0862. The van der Waals surface area contributed by atoms with Gasteiger partial charge in [0.2, 0.25) is 0 Å². The number of nitro benzene ring substituents is 1. The minimum Gasteiger partial charge on any atom is -0.345 e. The van der Waals surface area contributed by atoms with E-state index in [0.717, 1.165) is 12.0 Å². The van der Waals surface area contributed by atoms with Gasteiger partial charge in [-0.15, -0.1) is 0 Å². The van der Waals surface area contributed by atoms with Gasteiger partial charge in [0, 0.05) is 17.7 Å². The molecule has 23 heavy (non-hydrogen) atoms. The zero-order valence-corrected chi connectivity index (χ0v) is 13.5. The van der Waals surface area contributed by atoms with Crippen molar-refractivity contribution in [2.24, 2.45) is 0 Å². The lowest BCUT2D eigenvalue weighted by atomic mass is 9.99. The predicted molar refractivity (Wildman–Crippen MR) is 89.5 cm³/mol. The fraction of sp³-hybridized carbons (Fsp3) is 0.278. The number of rotatable bonds is 5. The molecule has 5 nitrogen and oxygen atoms in total. The van der Waals surface area contributed by atoms with Crippen LogP contribution in [0.3, 0.4) is 0 Å². The number of hydrogen-bond donors (Lipinski definition) is 1. The number of non-ortho nitro benzene ring substituents is 1. The van der Waals surface area contributed by atoms with Crippen LogP contribution in [0.25, 0.3) is 0 Å². The van der Waals surface area contributed by atoms with Crippen molar-refractivity contribution in [1.82, 2.24) is 5.32 Å². The van der Waals surface area contributed by atoms with E-state index in [4.69, 9.17) is 0 Å². The second-order valence-corrected chi connectivity index (χ2v) is 5.59. The first-order valence-corrected chi connectivity index (χ1v) is 7.54. The molecule has 5 heteroatoms. The first-order chi connectivity index (χ1) is 10.9. The SMILES string of the molecule is CCC(NC(=O)c1cccc([N+](=O)[O-])c1)c1ccc(C)c(C)c1. The third-order valence-electron chi connectivity index (χ3n) is 3.97. The molecule has 2 aromatic carbocycles. The van der Waals surface area contributed by atoms with E-state index in [1.807, 2.05) is 32.9 Å². The van der Waals surface area contributed by atoms with Crippen molar-refractivity contribution < 1.29 is 9.72 Å². The number of benzene rings is 2. The molecule has 120 valence electrons. The van der Waals surface area contributed by atoms with Crippen LogP contribution in [0.15, 0.2) is 42.5 Å². The van der Waals surface area contributed by atoms with Crippen LogP contribution < -0.4 is 5.32 Å². The van der Waals surface area contributed by atoms with Gasteiger partial charge >= 0.3 is 0 Å². The topological polar surface area (TPSA) is 72.2 Å². The molecule has 1 N–H and O–H groups in total. The van der Waals surface area contributed by atoms with Gasteiger partial charge in [0.05, 0.1) is 11.0 Å². The maximum atomic E-state index is 12.4. The van der Waals surface area contributed by atoms with Crippen LogP contribution in [-0.2, 0) is 0 Å². The molecule has 0 aliphatic carbocycles. The molecule has 0 aliphatic rings. The van der Waals surface area contributed by atoms with Gasteiger partial charge in [-0.1, -0.05) is 31.2 Å². The molecule has 2 rings (SSSR count). The van der Waals surface area contributed by atoms with Crippen molar-refractivity contribution in [3.8, 4) is 0 Å². The molecular formula is C18H20N2O3. The van der Waals surface area contributed by atoms with E-state index in [-0.39, 0.29) is 17.6 Å². The molecule has 1 atom stereocenters. The first kappa shape index (κ1) is 16.7. The molecule has 0 saturated heterocycles. The molecule has 2 aromatic rings. The monoisotopic (exact) mass is 312 g/mol. The van der Waals surface area contributed by atoms with E-state index in [9.17, 15) is 14.9 Å². The summed E-state index contributed by atoms with van der Waals surface area (Å²) in [6, 6.07) is 11.7. The number of carbonyl (C=O) groups is 1. The van der Waals surface area contributed by atoms with Gasteiger partial charge in [-0.05, 0) is 43.0 Å². The maximum absolute atomic E-state index is 12.4. The Morgan fingerprint density at radius 1 is 1.17 bits per heavy atom. The van der Waals surface area contributed by atoms with Crippen molar-refractivity contribution in [2.45, 2.75) is 33.2 Å². The molecule has 0 aliphatic heterocycles. The Morgan fingerprint density at radius 2 is 1.91 bits per heavy atom. The summed E-state index contributed by atoms with van der Waals surface area (Å²) in [4.78, 5) is 22.7. The van der Waals surface area contributed by atoms with Crippen molar-refractivity contribution >= 4 is 11.6 Å². The van der Waals surface area contributed by atoms with E-state index in [1.165, 1.54) is 29.3 Å². The van der Waals surface area contributed by atoms with E-state index < -0.39 is 4.92 Å². The Morgan fingerprint density at radius 3 is 2.52 bits per heavy atom. The molecule has 1 unspecified atom stereocenters. The van der Waals surface area contributed by atoms with Crippen LogP contribution in [0, 0.1) is 24.0 Å². The lowest BCUT2D eigenvalue weighted by molar-refractivity contribution is -0.384. The van der Waals surface area contributed by atoms with E-state index >= 15 is 0 Å².